The van der Waals surface area contributed by atoms with E-state index >= 15 is 0 Å². The van der Waals surface area contributed by atoms with Crippen LogP contribution in [-0.2, 0) is 0 Å². The Hall–Kier alpha value is -2.12. The quantitative estimate of drug-likeness (QED) is 0.816. The average Bonchev–Trinajstić information content (AvgIpc) is 2.34. The molecule has 0 atom stereocenters. The lowest BCUT2D eigenvalue weighted by atomic mass is 10.3. The SMILES string of the molecule is Cc1ncccc1Oc1nccc(C#N)c1Cl. The Morgan fingerprint density at radius 1 is 1.29 bits per heavy atom. The second kappa shape index (κ2) is 4.81. The van der Waals surface area contributed by atoms with Gasteiger partial charge in [0.25, 0.3) is 0 Å². The van der Waals surface area contributed by atoms with Crippen LogP contribution in [0.5, 0.6) is 11.6 Å². The van der Waals surface area contributed by atoms with E-state index in [0.717, 1.165) is 5.69 Å². The molecule has 0 radical (unpaired) electrons. The Bertz CT molecular complexity index is 593. The third-order valence-electron chi connectivity index (χ3n) is 2.14. The minimum Gasteiger partial charge on any atom is -0.436 e. The fraction of sp³-hybridized carbons (Fsp3) is 0.0833. The van der Waals surface area contributed by atoms with Crippen molar-refractivity contribution in [2.24, 2.45) is 0 Å². The Labute approximate surface area is 103 Å². The third-order valence-corrected chi connectivity index (χ3v) is 2.51. The van der Waals surface area contributed by atoms with Crippen molar-refractivity contribution in [3.63, 3.8) is 0 Å². The van der Waals surface area contributed by atoms with Crippen LogP contribution in [0.15, 0.2) is 30.6 Å². The van der Waals surface area contributed by atoms with E-state index in [2.05, 4.69) is 9.97 Å². The van der Waals surface area contributed by atoms with Crippen molar-refractivity contribution in [1.29, 1.82) is 5.26 Å². The first-order valence-corrected chi connectivity index (χ1v) is 5.24. The zero-order valence-electron chi connectivity index (χ0n) is 9.01. The van der Waals surface area contributed by atoms with Gasteiger partial charge in [-0.1, -0.05) is 11.6 Å². The van der Waals surface area contributed by atoms with Gasteiger partial charge >= 0.3 is 0 Å². The molecule has 5 heteroatoms. The molecule has 0 spiro atoms. The Balaban J connectivity index is 2.38. The topological polar surface area (TPSA) is 58.8 Å². The average molecular weight is 246 g/mol. The zero-order chi connectivity index (χ0) is 12.3. The highest BCUT2D eigenvalue weighted by atomic mass is 35.5. The van der Waals surface area contributed by atoms with Crippen LogP contribution >= 0.6 is 11.6 Å². The second-order valence-corrected chi connectivity index (χ2v) is 3.66. The molecule has 2 aromatic heterocycles. The lowest BCUT2D eigenvalue weighted by Crippen LogP contribution is -1.93. The van der Waals surface area contributed by atoms with E-state index in [4.69, 9.17) is 21.6 Å². The molecule has 0 aliphatic carbocycles. The van der Waals surface area contributed by atoms with Gasteiger partial charge in [0.1, 0.15) is 11.1 Å². The highest BCUT2D eigenvalue weighted by Crippen LogP contribution is 2.30. The zero-order valence-corrected chi connectivity index (χ0v) is 9.77. The number of rotatable bonds is 2. The molecule has 0 saturated carbocycles. The molecule has 4 nitrogen and oxygen atoms in total. The minimum atomic E-state index is 0.207. The number of aromatic nitrogens is 2. The molecular formula is C12H8ClN3O. The van der Waals surface area contributed by atoms with Crippen LogP contribution in [0.25, 0.3) is 0 Å². The highest BCUT2D eigenvalue weighted by Gasteiger charge is 2.10. The first kappa shape index (κ1) is 11.4. The normalized spacial score (nSPS) is 9.71. The van der Waals surface area contributed by atoms with E-state index in [9.17, 15) is 0 Å². The molecule has 2 rings (SSSR count). The van der Waals surface area contributed by atoms with Crippen molar-refractivity contribution in [2.45, 2.75) is 6.92 Å². The number of pyridine rings is 2. The van der Waals surface area contributed by atoms with Crippen molar-refractivity contribution >= 4 is 11.6 Å². The number of aryl methyl sites for hydroxylation is 1. The highest BCUT2D eigenvalue weighted by molar-refractivity contribution is 6.33. The standard InChI is InChI=1S/C12H8ClN3O/c1-8-10(3-2-5-15-8)17-12-11(13)9(7-14)4-6-16-12/h2-6H,1H3. The summed E-state index contributed by atoms with van der Waals surface area (Å²) in [4.78, 5) is 8.08. The maximum Gasteiger partial charge on any atom is 0.239 e. The number of hydrogen-bond acceptors (Lipinski definition) is 4. The number of nitrogens with zero attached hydrogens (tertiary/aromatic N) is 3. The summed E-state index contributed by atoms with van der Waals surface area (Å²) in [6, 6.07) is 7.02. The Kier molecular flexibility index (Phi) is 3.22. The van der Waals surface area contributed by atoms with Crippen LogP contribution < -0.4 is 4.74 Å². The summed E-state index contributed by atoms with van der Waals surface area (Å²) in [6.07, 6.45) is 3.15. The maximum atomic E-state index is 8.83. The first-order valence-electron chi connectivity index (χ1n) is 4.86. The smallest absolute Gasteiger partial charge is 0.239 e. The Morgan fingerprint density at radius 2 is 2.12 bits per heavy atom. The van der Waals surface area contributed by atoms with E-state index < -0.39 is 0 Å². The van der Waals surface area contributed by atoms with E-state index in [1.54, 1.807) is 18.3 Å². The molecule has 0 aromatic carbocycles. The van der Waals surface area contributed by atoms with Gasteiger partial charge in [-0.25, -0.2) is 4.98 Å². The molecule has 0 amide bonds. The van der Waals surface area contributed by atoms with Gasteiger partial charge in [0.2, 0.25) is 5.88 Å². The van der Waals surface area contributed by atoms with Crippen molar-refractivity contribution in [3.05, 3.63) is 46.9 Å². The molecular weight excluding hydrogens is 238 g/mol. The predicted molar refractivity (Wildman–Crippen MR) is 63.0 cm³/mol. The van der Waals surface area contributed by atoms with Gasteiger partial charge in [-0.05, 0) is 25.1 Å². The monoisotopic (exact) mass is 245 g/mol. The van der Waals surface area contributed by atoms with Crippen molar-refractivity contribution in [1.82, 2.24) is 9.97 Å². The van der Waals surface area contributed by atoms with Crippen LogP contribution in [0.3, 0.4) is 0 Å². The van der Waals surface area contributed by atoms with E-state index in [0.29, 0.717) is 11.3 Å². The molecule has 0 aliphatic heterocycles. The fourth-order valence-corrected chi connectivity index (χ4v) is 1.46. The second-order valence-electron chi connectivity index (χ2n) is 3.28. The predicted octanol–water partition coefficient (Wildman–Crippen LogP) is 3.10. The molecule has 0 unspecified atom stereocenters. The maximum absolute atomic E-state index is 8.83. The van der Waals surface area contributed by atoms with E-state index in [-0.39, 0.29) is 10.9 Å². The molecule has 2 heterocycles. The van der Waals surface area contributed by atoms with E-state index in [1.165, 1.54) is 12.3 Å². The number of nitriles is 1. The van der Waals surface area contributed by atoms with Gasteiger partial charge in [0.05, 0.1) is 11.3 Å². The molecule has 0 fully saturated rings. The molecule has 17 heavy (non-hydrogen) atoms. The summed E-state index contributed by atoms with van der Waals surface area (Å²) in [5.74, 6) is 0.777. The lowest BCUT2D eigenvalue weighted by Gasteiger charge is -2.08. The summed E-state index contributed by atoms with van der Waals surface area (Å²) in [7, 11) is 0. The molecule has 0 saturated heterocycles. The summed E-state index contributed by atoms with van der Waals surface area (Å²) >= 11 is 5.98. The molecule has 84 valence electrons. The van der Waals surface area contributed by atoms with Crippen LogP contribution in [0.4, 0.5) is 0 Å². The van der Waals surface area contributed by atoms with Gasteiger partial charge in [0.15, 0.2) is 5.75 Å². The summed E-state index contributed by atoms with van der Waals surface area (Å²) in [6.45, 7) is 1.82. The van der Waals surface area contributed by atoms with E-state index in [1.807, 2.05) is 13.0 Å². The molecule has 2 aromatic rings. The van der Waals surface area contributed by atoms with Crippen LogP contribution in [0.1, 0.15) is 11.3 Å². The summed E-state index contributed by atoms with van der Waals surface area (Å²) in [5, 5.41) is 9.04. The Morgan fingerprint density at radius 3 is 2.82 bits per heavy atom. The first-order chi connectivity index (χ1) is 8.22. The fourth-order valence-electron chi connectivity index (χ4n) is 1.26. The van der Waals surface area contributed by atoms with Crippen molar-refractivity contribution < 1.29 is 4.74 Å². The van der Waals surface area contributed by atoms with Crippen LogP contribution in [0, 0.1) is 18.3 Å². The number of halogens is 1. The minimum absolute atomic E-state index is 0.207. The van der Waals surface area contributed by atoms with Crippen molar-refractivity contribution in [3.8, 4) is 17.7 Å². The van der Waals surface area contributed by atoms with Gasteiger partial charge in [-0.2, -0.15) is 5.26 Å². The third kappa shape index (κ3) is 2.35. The molecule has 0 N–H and O–H groups in total. The lowest BCUT2D eigenvalue weighted by molar-refractivity contribution is 0.457. The number of hydrogen-bond donors (Lipinski definition) is 0. The van der Waals surface area contributed by atoms with Gasteiger partial charge in [0, 0.05) is 12.4 Å². The van der Waals surface area contributed by atoms with Crippen LogP contribution in [0.2, 0.25) is 5.02 Å². The number of ether oxygens (including phenoxy) is 1. The van der Waals surface area contributed by atoms with Gasteiger partial charge in [-0.15, -0.1) is 0 Å². The van der Waals surface area contributed by atoms with Gasteiger partial charge in [-0.3, -0.25) is 4.98 Å². The van der Waals surface area contributed by atoms with Gasteiger partial charge < -0.3 is 4.74 Å². The van der Waals surface area contributed by atoms with Crippen molar-refractivity contribution in [2.75, 3.05) is 0 Å². The van der Waals surface area contributed by atoms with Crippen LogP contribution in [-0.4, -0.2) is 9.97 Å². The molecule has 0 bridgehead atoms. The molecule has 0 aliphatic rings. The largest absolute Gasteiger partial charge is 0.436 e. The summed E-state index contributed by atoms with van der Waals surface area (Å²) in [5.41, 5.74) is 1.06. The summed E-state index contributed by atoms with van der Waals surface area (Å²) < 4.78 is 5.53.